The predicted octanol–water partition coefficient (Wildman–Crippen LogP) is 3.25. The average molecular weight is 339 g/mol. The number of ether oxygens (including phenoxy) is 2. The van der Waals surface area contributed by atoms with Gasteiger partial charge >= 0.3 is 11.6 Å². The van der Waals surface area contributed by atoms with E-state index in [4.69, 9.17) is 13.9 Å². The maximum Gasteiger partial charge on any atom is 0.343 e. The lowest BCUT2D eigenvalue weighted by Gasteiger charge is -2.10. The number of nitrogens with zero attached hydrogens (tertiary/aromatic N) is 1. The zero-order chi connectivity index (χ0) is 17.8. The summed E-state index contributed by atoms with van der Waals surface area (Å²) < 4.78 is 15.9. The number of benzene rings is 1. The number of esters is 1. The summed E-state index contributed by atoms with van der Waals surface area (Å²) in [6.45, 7) is 4.05. The van der Waals surface area contributed by atoms with Crippen LogP contribution in [0, 0.1) is 6.92 Å². The first-order valence-corrected chi connectivity index (χ1v) is 7.87. The van der Waals surface area contributed by atoms with Crippen LogP contribution >= 0.6 is 0 Å². The Morgan fingerprint density at radius 1 is 1.24 bits per heavy atom. The first-order chi connectivity index (χ1) is 12.1. The minimum atomic E-state index is -0.565. The summed E-state index contributed by atoms with van der Waals surface area (Å²) in [6, 6.07) is 10.1. The summed E-state index contributed by atoms with van der Waals surface area (Å²) in [5, 5.41) is 0.731. The summed E-state index contributed by atoms with van der Waals surface area (Å²) in [6.07, 6.45) is 1.54. The predicted molar refractivity (Wildman–Crippen MR) is 91.7 cm³/mol. The van der Waals surface area contributed by atoms with Crippen molar-refractivity contribution in [1.29, 1.82) is 0 Å². The number of aryl methyl sites for hydroxylation is 1. The Morgan fingerprint density at radius 3 is 2.88 bits per heavy atom. The Balaban J connectivity index is 1.86. The number of hydrogen-bond donors (Lipinski definition) is 0. The largest absolute Gasteiger partial charge is 0.477 e. The van der Waals surface area contributed by atoms with Gasteiger partial charge in [0.15, 0.2) is 0 Å². The van der Waals surface area contributed by atoms with E-state index in [2.05, 4.69) is 4.98 Å². The molecule has 0 amide bonds. The van der Waals surface area contributed by atoms with Gasteiger partial charge in [0.25, 0.3) is 0 Å². The van der Waals surface area contributed by atoms with Crippen LogP contribution in [0.1, 0.15) is 28.4 Å². The highest BCUT2D eigenvalue weighted by molar-refractivity contribution is 5.92. The summed E-state index contributed by atoms with van der Waals surface area (Å²) in [7, 11) is 0. The maximum atomic E-state index is 12.3. The van der Waals surface area contributed by atoms with Gasteiger partial charge in [-0.1, -0.05) is 12.1 Å². The van der Waals surface area contributed by atoms with Crippen molar-refractivity contribution in [1.82, 2.24) is 4.98 Å². The van der Waals surface area contributed by atoms with Crippen LogP contribution in [-0.2, 0) is 11.3 Å². The van der Waals surface area contributed by atoms with Gasteiger partial charge in [0, 0.05) is 23.2 Å². The fourth-order valence-corrected chi connectivity index (χ4v) is 2.48. The highest BCUT2D eigenvalue weighted by atomic mass is 16.5. The molecule has 0 N–H and O–H groups in total. The topological polar surface area (TPSA) is 78.6 Å². The van der Waals surface area contributed by atoms with Crippen molar-refractivity contribution in [2.45, 2.75) is 20.5 Å². The van der Waals surface area contributed by atoms with Gasteiger partial charge in [-0.3, -0.25) is 0 Å². The second kappa shape index (κ2) is 7.17. The minimum absolute atomic E-state index is 0.0511. The third-order valence-electron chi connectivity index (χ3n) is 3.62. The van der Waals surface area contributed by atoms with Crippen LogP contribution in [0.4, 0.5) is 0 Å². The van der Waals surface area contributed by atoms with Crippen molar-refractivity contribution in [3.8, 4) is 5.88 Å². The molecular formula is C19H17NO5. The second-order valence-corrected chi connectivity index (χ2v) is 5.46. The SMILES string of the molecule is CCOc1ncccc1C(=O)OCc1cc(=O)oc2cc(C)ccc12. The van der Waals surface area contributed by atoms with E-state index >= 15 is 0 Å². The number of aromatic nitrogens is 1. The molecule has 2 heterocycles. The maximum absolute atomic E-state index is 12.3. The summed E-state index contributed by atoms with van der Waals surface area (Å²) >= 11 is 0. The Labute approximate surface area is 144 Å². The van der Waals surface area contributed by atoms with Crippen LogP contribution in [0.5, 0.6) is 5.88 Å². The average Bonchev–Trinajstić information content (AvgIpc) is 2.59. The van der Waals surface area contributed by atoms with Gasteiger partial charge in [-0.15, -0.1) is 0 Å². The van der Waals surface area contributed by atoms with E-state index in [0.717, 1.165) is 10.9 Å². The standard InChI is InChI=1S/C19H17NO5/c1-3-23-18-15(5-4-8-20-18)19(22)24-11-13-10-17(21)25-16-9-12(2)6-7-14(13)16/h4-10H,3,11H2,1-2H3. The van der Waals surface area contributed by atoms with Gasteiger partial charge in [-0.25, -0.2) is 14.6 Å². The van der Waals surface area contributed by atoms with Crippen molar-refractivity contribution >= 4 is 16.9 Å². The van der Waals surface area contributed by atoms with E-state index in [1.807, 2.05) is 19.1 Å². The normalized spacial score (nSPS) is 10.6. The molecule has 0 fully saturated rings. The molecule has 0 aliphatic rings. The molecule has 25 heavy (non-hydrogen) atoms. The Morgan fingerprint density at radius 2 is 2.08 bits per heavy atom. The summed E-state index contributed by atoms with van der Waals surface area (Å²) in [5.74, 6) is -0.340. The molecule has 0 atom stereocenters. The van der Waals surface area contributed by atoms with E-state index in [9.17, 15) is 9.59 Å². The van der Waals surface area contributed by atoms with Crippen molar-refractivity contribution in [3.63, 3.8) is 0 Å². The van der Waals surface area contributed by atoms with E-state index in [-0.39, 0.29) is 18.1 Å². The Bertz CT molecular complexity index is 977. The number of fused-ring (bicyclic) bond motifs is 1. The zero-order valence-corrected chi connectivity index (χ0v) is 13.9. The van der Waals surface area contributed by atoms with Crippen LogP contribution < -0.4 is 10.4 Å². The van der Waals surface area contributed by atoms with Crippen LogP contribution in [0.2, 0.25) is 0 Å². The molecule has 0 bridgehead atoms. The molecule has 0 aliphatic carbocycles. The minimum Gasteiger partial charge on any atom is -0.477 e. The molecule has 3 rings (SSSR count). The molecule has 0 spiro atoms. The third kappa shape index (κ3) is 3.68. The van der Waals surface area contributed by atoms with Crippen molar-refractivity contribution in [3.05, 3.63) is 69.7 Å². The lowest BCUT2D eigenvalue weighted by Crippen LogP contribution is -2.10. The van der Waals surface area contributed by atoms with Crippen LogP contribution in [0.3, 0.4) is 0 Å². The first-order valence-electron chi connectivity index (χ1n) is 7.87. The molecule has 0 saturated carbocycles. The van der Waals surface area contributed by atoms with Crippen molar-refractivity contribution < 1.29 is 18.7 Å². The number of carbonyl (C=O) groups is 1. The highest BCUT2D eigenvalue weighted by Crippen LogP contribution is 2.21. The molecule has 1 aromatic carbocycles. The number of carbonyl (C=O) groups excluding carboxylic acids is 1. The van der Waals surface area contributed by atoms with Crippen LogP contribution in [0.15, 0.2) is 51.8 Å². The monoisotopic (exact) mass is 339 g/mol. The molecule has 2 aromatic heterocycles. The van der Waals surface area contributed by atoms with E-state index < -0.39 is 11.6 Å². The molecule has 0 unspecified atom stereocenters. The fourth-order valence-electron chi connectivity index (χ4n) is 2.48. The zero-order valence-electron chi connectivity index (χ0n) is 13.9. The second-order valence-electron chi connectivity index (χ2n) is 5.46. The molecule has 3 aromatic rings. The summed E-state index contributed by atoms with van der Waals surface area (Å²) in [4.78, 5) is 28.1. The molecule has 6 nitrogen and oxygen atoms in total. The molecule has 0 radical (unpaired) electrons. The Hall–Kier alpha value is -3.15. The third-order valence-corrected chi connectivity index (χ3v) is 3.62. The Kier molecular flexibility index (Phi) is 4.79. The number of hydrogen-bond acceptors (Lipinski definition) is 6. The molecule has 0 saturated heterocycles. The lowest BCUT2D eigenvalue weighted by molar-refractivity contribution is 0.0468. The van der Waals surface area contributed by atoms with Crippen LogP contribution in [-0.4, -0.2) is 17.6 Å². The van der Waals surface area contributed by atoms with Gasteiger partial charge in [0.1, 0.15) is 17.8 Å². The molecular weight excluding hydrogens is 322 g/mol. The van der Waals surface area contributed by atoms with Gasteiger partial charge in [0.2, 0.25) is 5.88 Å². The van der Waals surface area contributed by atoms with Gasteiger partial charge in [0.05, 0.1) is 6.61 Å². The molecule has 6 heteroatoms. The van der Waals surface area contributed by atoms with E-state index in [0.29, 0.717) is 17.8 Å². The van der Waals surface area contributed by atoms with E-state index in [1.165, 1.54) is 6.07 Å². The van der Waals surface area contributed by atoms with Gasteiger partial charge < -0.3 is 13.9 Å². The summed E-state index contributed by atoms with van der Waals surface area (Å²) in [5.41, 5.74) is 1.78. The smallest absolute Gasteiger partial charge is 0.343 e. The lowest BCUT2D eigenvalue weighted by atomic mass is 10.1. The van der Waals surface area contributed by atoms with Crippen molar-refractivity contribution in [2.24, 2.45) is 0 Å². The highest BCUT2D eigenvalue weighted by Gasteiger charge is 2.16. The van der Waals surface area contributed by atoms with Crippen molar-refractivity contribution in [2.75, 3.05) is 6.61 Å². The molecule has 128 valence electrons. The van der Waals surface area contributed by atoms with Gasteiger partial charge in [-0.2, -0.15) is 0 Å². The quantitative estimate of drug-likeness (QED) is 0.524. The number of rotatable bonds is 5. The van der Waals surface area contributed by atoms with E-state index in [1.54, 1.807) is 31.3 Å². The van der Waals surface area contributed by atoms with Gasteiger partial charge in [-0.05, 0) is 37.6 Å². The number of pyridine rings is 1. The fraction of sp³-hybridized carbons (Fsp3) is 0.211. The first kappa shape index (κ1) is 16.7. The molecule has 0 aliphatic heterocycles. The van der Waals surface area contributed by atoms with Crippen LogP contribution in [0.25, 0.3) is 11.0 Å².